The van der Waals surface area contributed by atoms with Crippen LogP contribution in [-0.4, -0.2) is 31.6 Å². The molecular formula is C19H32N2. The second kappa shape index (κ2) is 8.55. The molecule has 21 heavy (non-hydrogen) atoms. The zero-order valence-corrected chi connectivity index (χ0v) is 14.0. The van der Waals surface area contributed by atoms with Crippen molar-refractivity contribution in [3.05, 3.63) is 35.9 Å². The first-order valence-electron chi connectivity index (χ1n) is 8.65. The van der Waals surface area contributed by atoms with Gasteiger partial charge in [0.25, 0.3) is 0 Å². The highest BCUT2D eigenvalue weighted by atomic mass is 15.1. The summed E-state index contributed by atoms with van der Waals surface area (Å²) in [5, 5.41) is 3.82. The predicted molar refractivity (Wildman–Crippen MR) is 91.5 cm³/mol. The van der Waals surface area contributed by atoms with Gasteiger partial charge in [0.15, 0.2) is 0 Å². The molecule has 0 aromatic heterocycles. The van der Waals surface area contributed by atoms with Gasteiger partial charge in [0.1, 0.15) is 0 Å². The summed E-state index contributed by atoms with van der Waals surface area (Å²) >= 11 is 0. The number of benzene rings is 1. The zero-order valence-electron chi connectivity index (χ0n) is 14.0. The van der Waals surface area contributed by atoms with E-state index in [1.54, 1.807) is 0 Å². The van der Waals surface area contributed by atoms with Crippen molar-refractivity contribution in [1.82, 2.24) is 10.2 Å². The molecule has 1 fully saturated rings. The molecule has 2 nitrogen and oxygen atoms in total. The molecule has 0 aliphatic heterocycles. The smallest absolute Gasteiger partial charge is 0.0466 e. The Labute approximate surface area is 130 Å². The summed E-state index contributed by atoms with van der Waals surface area (Å²) < 4.78 is 0. The van der Waals surface area contributed by atoms with Gasteiger partial charge in [-0.1, -0.05) is 50.1 Å². The van der Waals surface area contributed by atoms with E-state index in [4.69, 9.17) is 0 Å². The molecule has 1 aromatic rings. The van der Waals surface area contributed by atoms with E-state index < -0.39 is 0 Å². The fourth-order valence-corrected chi connectivity index (χ4v) is 3.62. The minimum Gasteiger partial charge on any atom is -0.312 e. The van der Waals surface area contributed by atoms with Crippen LogP contribution in [0.4, 0.5) is 0 Å². The lowest BCUT2D eigenvalue weighted by molar-refractivity contribution is 0.241. The summed E-state index contributed by atoms with van der Waals surface area (Å²) in [6.07, 6.45) is 8.34. The molecule has 118 valence electrons. The molecular weight excluding hydrogens is 256 g/mol. The summed E-state index contributed by atoms with van der Waals surface area (Å²) in [6.45, 7) is 3.37. The second-order valence-corrected chi connectivity index (χ2v) is 6.80. The van der Waals surface area contributed by atoms with Crippen molar-refractivity contribution in [2.45, 2.75) is 57.5 Å². The van der Waals surface area contributed by atoms with E-state index in [1.807, 2.05) is 0 Å². The Balaban J connectivity index is 1.81. The summed E-state index contributed by atoms with van der Waals surface area (Å²) in [6, 6.07) is 12.1. The quantitative estimate of drug-likeness (QED) is 0.807. The van der Waals surface area contributed by atoms with Crippen molar-refractivity contribution in [3.63, 3.8) is 0 Å². The number of hydrogen-bond acceptors (Lipinski definition) is 2. The predicted octanol–water partition coefficient (Wildman–Crippen LogP) is 4.24. The maximum Gasteiger partial charge on any atom is 0.0466 e. The molecule has 0 amide bonds. The van der Waals surface area contributed by atoms with Gasteiger partial charge in [-0.15, -0.1) is 0 Å². The van der Waals surface area contributed by atoms with Crippen LogP contribution < -0.4 is 5.32 Å². The van der Waals surface area contributed by atoms with Crippen LogP contribution in [0.25, 0.3) is 0 Å². The molecule has 1 atom stereocenters. The maximum absolute atomic E-state index is 3.82. The molecule has 2 heteroatoms. The second-order valence-electron chi connectivity index (χ2n) is 6.80. The summed E-state index contributed by atoms with van der Waals surface area (Å²) in [5.74, 6) is 0.992. The van der Waals surface area contributed by atoms with Crippen molar-refractivity contribution >= 4 is 0 Å². The Hall–Kier alpha value is -0.860. The summed E-state index contributed by atoms with van der Waals surface area (Å²) in [5.41, 5.74) is 1.41. The van der Waals surface area contributed by atoms with Crippen molar-refractivity contribution in [2.24, 2.45) is 5.92 Å². The van der Waals surface area contributed by atoms with Crippen LogP contribution in [0.1, 0.15) is 57.1 Å². The van der Waals surface area contributed by atoms with Gasteiger partial charge in [-0.2, -0.15) is 0 Å². The third-order valence-electron chi connectivity index (χ3n) is 4.95. The lowest BCUT2D eigenvalue weighted by atomic mass is 9.83. The SMILES string of the molecule is CCCC1CCC(NCC(c2ccccc2)N(C)C)CC1. The van der Waals surface area contributed by atoms with Gasteiger partial charge in [-0.05, 0) is 51.3 Å². The van der Waals surface area contributed by atoms with Gasteiger partial charge in [-0.25, -0.2) is 0 Å². The Morgan fingerprint density at radius 1 is 1.10 bits per heavy atom. The third kappa shape index (κ3) is 5.12. The Morgan fingerprint density at radius 3 is 2.33 bits per heavy atom. The Kier molecular flexibility index (Phi) is 6.72. The Bertz CT molecular complexity index is 380. The minimum atomic E-state index is 0.472. The first-order chi connectivity index (χ1) is 10.2. The summed E-state index contributed by atoms with van der Waals surface area (Å²) in [7, 11) is 4.36. The van der Waals surface area contributed by atoms with E-state index in [2.05, 4.69) is 61.6 Å². The van der Waals surface area contributed by atoms with E-state index >= 15 is 0 Å². The molecule has 1 saturated carbocycles. The molecule has 1 aliphatic rings. The lowest BCUT2D eigenvalue weighted by Crippen LogP contribution is -2.39. The van der Waals surface area contributed by atoms with Crippen molar-refractivity contribution < 1.29 is 0 Å². The normalized spacial score (nSPS) is 24.2. The number of rotatable bonds is 7. The van der Waals surface area contributed by atoms with Crippen LogP contribution in [-0.2, 0) is 0 Å². The van der Waals surface area contributed by atoms with Gasteiger partial charge >= 0.3 is 0 Å². The fourth-order valence-electron chi connectivity index (χ4n) is 3.62. The molecule has 0 bridgehead atoms. The molecule has 1 N–H and O–H groups in total. The van der Waals surface area contributed by atoms with Crippen LogP contribution in [0.3, 0.4) is 0 Å². The molecule has 0 saturated heterocycles. The highest BCUT2D eigenvalue weighted by Gasteiger charge is 2.22. The molecule has 1 aromatic carbocycles. The van der Waals surface area contributed by atoms with Crippen LogP contribution >= 0.6 is 0 Å². The average Bonchev–Trinajstić information content (AvgIpc) is 2.50. The van der Waals surface area contributed by atoms with E-state index in [-0.39, 0.29) is 0 Å². The molecule has 1 unspecified atom stereocenters. The molecule has 0 spiro atoms. The lowest BCUT2D eigenvalue weighted by Gasteiger charge is -2.32. The highest BCUT2D eigenvalue weighted by Crippen LogP contribution is 2.28. The minimum absolute atomic E-state index is 0.472. The third-order valence-corrected chi connectivity index (χ3v) is 4.95. The fraction of sp³-hybridized carbons (Fsp3) is 0.684. The number of likely N-dealkylation sites (N-methyl/N-ethyl adjacent to an activating group) is 1. The maximum atomic E-state index is 3.82. The first-order valence-corrected chi connectivity index (χ1v) is 8.65. The molecule has 0 radical (unpaired) electrons. The van der Waals surface area contributed by atoms with Gasteiger partial charge in [0, 0.05) is 18.6 Å². The molecule has 2 rings (SSSR count). The van der Waals surface area contributed by atoms with Crippen molar-refractivity contribution in [1.29, 1.82) is 0 Å². The average molecular weight is 288 g/mol. The largest absolute Gasteiger partial charge is 0.312 e. The van der Waals surface area contributed by atoms with Crippen molar-refractivity contribution in [3.8, 4) is 0 Å². The van der Waals surface area contributed by atoms with Crippen LogP contribution in [0.5, 0.6) is 0 Å². The first kappa shape index (κ1) is 16.5. The van der Waals surface area contributed by atoms with Gasteiger partial charge in [0.2, 0.25) is 0 Å². The van der Waals surface area contributed by atoms with Gasteiger partial charge in [-0.3, -0.25) is 0 Å². The summed E-state index contributed by atoms with van der Waals surface area (Å²) in [4.78, 5) is 2.32. The van der Waals surface area contributed by atoms with Crippen molar-refractivity contribution in [2.75, 3.05) is 20.6 Å². The van der Waals surface area contributed by atoms with E-state index in [1.165, 1.54) is 44.1 Å². The highest BCUT2D eigenvalue weighted by molar-refractivity contribution is 5.19. The standard InChI is InChI=1S/C19H32N2/c1-4-8-16-11-13-18(14-12-16)20-15-19(21(2)3)17-9-6-5-7-10-17/h5-7,9-10,16,18-20H,4,8,11-15H2,1-3H3. The number of hydrogen-bond donors (Lipinski definition) is 1. The van der Waals surface area contributed by atoms with Crippen LogP contribution in [0.2, 0.25) is 0 Å². The monoisotopic (exact) mass is 288 g/mol. The number of nitrogens with one attached hydrogen (secondary N) is 1. The van der Waals surface area contributed by atoms with Gasteiger partial charge < -0.3 is 10.2 Å². The van der Waals surface area contributed by atoms with E-state index in [9.17, 15) is 0 Å². The zero-order chi connectivity index (χ0) is 15.1. The number of nitrogens with zero attached hydrogens (tertiary/aromatic N) is 1. The van der Waals surface area contributed by atoms with Crippen LogP contribution in [0.15, 0.2) is 30.3 Å². The van der Waals surface area contributed by atoms with Gasteiger partial charge in [0.05, 0.1) is 0 Å². The van der Waals surface area contributed by atoms with Crippen LogP contribution in [0, 0.1) is 5.92 Å². The van der Waals surface area contributed by atoms with E-state index in [0.717, 1.165) is 18.5 Å². The topological polar surface area (TPSA) is 15.3 Å². The van der Waals surface area contributed by atoms with E-state index in [0.29, 0.717) is 6.04 Å². The Morgan fingerprint density at radius 2 is 1.76 bits per heavy atom. The molecule has 0 heterocycles. The molecule has 1 aliphatic carbocycles.